The van der Waals surface area contributed by atoms with Crippen molar-refractivity contribution < 1.29 is 23.8 Å². The second kappa shape index (κ2) is 13.3. The predicted octanol–water partition coefficient (Wildman–Crippen LogP) is -0.562. The summed E-state index contributed by atoms with van der Waals surface area (Å²) in [6.45, 7) is 4.87. The molecule has 0 aromatic carbocycles. The van der Waals surface area contributed by atoms with Crippen LogP contribution in [0.4, 0.5) is 0 Å². The molecule has 3 N–H and O–H groups in total. The van der Waals surface area contributed by atoms with Crippen LogP contribution in [0, 0.1) is 0 Å². The smallest absolute Gasteiger partial charge is 0.306 e. The van der Waals surface area contributed by atoms with E-state index < -0.39 is 0 Å². The van der Waals surface area contributed by atoms with Crippen LogP contribution in [0.5, 0.6) is 0 Å². The van der Waals surface area contributed by atoms with Gasteiger partial charge in [-0.3, -0.25) is 9.59 Å². The third-order valence-electron chi connectivity index (χ3n) is 2.06. The highest BCUT2D eigenvalue weighted by atomic mass is 16.5. The maximum absolute atomic E-state index is 11.3. The molecule has 0 aromatic heterocycles. The summed E-state index contributed by atoms with van der Waals surface area (Å²) in [6, 6.07) is 0. The summed E-state index contributed by atoms with van der Waals surface area (Å²) in [7, 11) is 0. The van der Waals surface area contributed by atoms with Crippen molar-refractivity contribution >= 4 is 11.9 Å². The molecule has 0 aliphatic carbocycles. The molecule has 7 nitrogen and oxygen atoms in total. The molecule has 1 amide bonds. The van der Waals surface area contributed by atoms with E-state index in [1.54, 1.807) is 6.92 Å². The summed E-state index contributed by atoms with van der Waals surface area (Å²) < 4.78 is 15.0. The molecule has 0 aliphatic rings. The fourth-order valence-corrected chi connectivity index (χ4v) is 1.21. The second-order valence-electron chi connectivity index (χ2n) is 3.67. The van der Waals surface area contributed by atoms with Crippen LogP contribution in [0.25, 0.3) is 0 Å². The summed E-state index contributed by atoms with van der Waals surface area (Å²) in [6.07, 6.45) is 0.242. The Kier molecular flexibility index (Phi) is 12.4. The molecule has 7 heteroatoms. The molecule has 0 atom stereocenters. The van der Waals surface area contributed by atoms with Gasteiger partial charge in [0, 0.05) is 19.5 Å². The Balaban J connectivity index is 3.27. The van der Waals surface area contributed by atoms with E-state index in [2.05, 4.69) is 5.32 Å². The van der Waals surface area contributed by atoms with Gasteiger partial charge in [-0.1, -0.05) is 0 Å². The SMILES string of the molecule is CCOC(=O)CCC(=O)NCCOCCOCCN. The summed E-state index contributed by atoms with van der Waals surface area (Å²) in [4.78, 5) is 22.3. The van der Waals surface area contributed by atoms with Gasteiger partial charge in [0.1, 0.15) is 0 Å². The third-order valence-corrected chi connectivity index (χ3v) is 2.06. The molecular weight excluding hydrogens is 252 g/mol. The van der Waals surface area contributed by atoms with Crippen molar-refractivity contribution in [3.05, 3.63) is 0 Å². The fourth-order valence-electron chi connectivity index (χ4n) is 1.21. The number of nitrogens with one attached hydrogen (secondary N) is 1. The van der Waals surface area contributed by atoms with E-state index in [-0.39, 0.29) is 24.7 Å². The van der Waals surface area contributed by atoms with Crippen LogP contribution in [-0.2, 0) is 23.8 Å². The molecule has 0 spiro atoms. The minimum Gasteiger partial charge on any atom is -0.466 e. The standard InChI is InChI=1S/C12H24N2O5/c1-2-19-12(16)4-3-11(15)14-6-8-18-10-9-17-7-5-13/h2-10,13H2,1H3,(H,14,15). The van der Waals surface area contributed by atoms with Gasteiger partial charge in [0.05, 0.1) is 39.5 Å². The molecule has 0 saturated carbocycles. The number of rotatable bonds is 12. The van der Waals surface area contributed by atoms with Gasteiger partial charge in [0.2, 0.25) is 5.91 Å². The Bertz CT molecular complexity index is 248. The van der Waals surface area contributed by atoms with Gasteiger partial charge in [-0.25, -0.2) is 0 Å². The zero-order chi connectivity index (χ0) is 14.3. The van der Waals surface area contributed by atoms with E-state index in [9.17, 15) is 9.59 Å². The monoisotopic (exact) mass is 276 g/mol. The first-order valence-corrected chi connectivity index (χ1v) is 6.48. The third kappa shape index (κ3) is 13.1. The Labute approximate surface area is 113 Å². The molecule has 0 rings (SSSR count). The minimum atomic E-state index is -0.356. The van der Waals surface area contributed by atoms with Gasteiger partial charge in [-0.2, -0.15) is 0 Å². The molecule has 0 bridgehead atoms. The van der Waals surface area contributed by atoms with Crippen molar-refractivity contribution in [2.45, 2.75) is 19.8 Å². The highest BCUT2D eigenvalue weighted by molar-refractivity contribution is 5.81. The highest BCUT2D eigenvalue weighted by Gasteiger charge is 2.06. The van der Waals surface area contributed by atoms with Gasteiger partial charge in [0.15, 0.2) is 0 Å². The van der Waals surface area contributed by atoms with E-state index >= 15 is 0 Å². The van der Waals surface area contributed by atoms with Gasteiger partial charge in [-0.15, -0.1) is 0 Å². The first-order valence-electron chi connectivity index (χ1n) is 6.48. The Morgan fingerprint density at radius 2 is 1.74 bits per heavy atom. The van der Waals surface area contributed by atoms with Crippen molar-refractivity contribution in [3.8, 4) is 0 Å². The van der Waals surface area contributed by atoms with Gasteiger partial charge >= 0.3 is 5.97 Å². The minimum absolute atomic E-state index is 0.105. The summed E-state index contributed by atoms with van der Waals surface area (Å²) in [5.41, 5.74) is 5.25. The average molecular weight is 276 g/mol. The molecule has 0 aliphatic heterocycles. The summed E-state index contributed by atoms with van der Waals surface area (Å²) in [5.74, 6) is -0.540. The number of carbonyl (C=O) groups is 2. The first kappa shape index (κ1) is 17.8. The average Bonchev–Trinajstić information content (AvgIpc) is 2.40. The number of ether oxygens (including phenoxy) is 3. The number of nitrogens with two attached hydrogens (primary N) is 1. The van der Waals surface area contributed by atoms with Gasteiger partial charge < -0.3 is 25.3 Å². The van der Waals surface area contributed by atoms with E-state index in [1.807, 2.05) is 0 Å². The predicted molar refractivity (Wildman–Crippen MR) is 69.6 cm³/mol. The highest BCUT2D eigenvalue weighted by Crippen LogP contribution is 1.92. The first-order chi connectivity index (χ1) is 9.20. The van der Waals surface area contributed by atoms with Crippen molar-refractivity contribution in [3.63, 3.8) is 0 Å². The molecule has 19 heavy (non-hydrogen) atoms. The zero-order valence-corrected chi connectivity index (χ0v) is 11.5. The van der Waals surface area contributed by atoms with E-state index in [0.29, 0.717) is 46.1 Å². The topological polar surface area (TPSA) is 99.9 Å². The molecule has 0 fully saturated rings. The van der Waals surface area contributed by atoms with E-state index in [0.717, 1.165) is 0 Å². The van der Waals surface area contributed by atoms with Crippen LogP contribution < -0.4 is 11.1 Å². The molecular formula is C12H24N2O5. The fraction of sp³-hybridized carbons (Fsp3) is 0.833. The molecule has 0 heterocycles. The second-order valence-corrected chi connectivity index (χ2v) is 3.67. The van der Waals surface area contributed by atoms with Crippen LogP contribution in [0.1, 0.15) is 19.8 Å². The maximum atomic E-state index is 11.3. The van der Waals surface area contributed by atoms with Crippen molar-refractivity contribution in [1.29, 1.82) is 0 Å². The molecule has 0 saturated heterocycles. The number of amides is 1. The largest absolute Gasteiger partial charge is 0.466 e. The van der Waals surface area contributed by atoms with Crippen molar-refractivity contribution in [1.82, 2.24) is 5.32 Å². The van der Waals surface area contributed by atoms with Crippen LogP contribution in [0.2, 0.25) is 0 Å². The van der Waals surface area contributed by atoms with Crippen molar-refractivity contribution in [2.24, 2.45) is 5.73 Å². The Morgan fingerprint density at radius 1 is 1.05 bits per heavy atom. The molecule has 0 aromatic rings. The van der Waals surface area contributed by atoms with Crippen LogP contribution in [0.3, 0.4) is 0 Å². The summed E-state index contributed by atoms with van der Waals surface area (Å²) >= 11 is 0. The lowest BCUT2D eigenvalue weighted by Gasteiger charge is -2.06. The lowest BCUT2D eigenvalue weighted by atomic mass is 10.3. The Hall–Kier alpha value is -1.18. The maximum Gasteiger partial charge on any atom is 0.306 e. The Morgan fingerprint density at radius 3 is 2.37 bits per heavy atom. The van der Waals surface area contributed by atoms with Crippen LogP contribution in [0.15, 0.2) is 0 Å². The zero-order valence-electron chi connectivity index (χ0n) is 11.5. The van der Waals surface area contributed by atoms with E-state index in [1.165, 1.54) is 0 Å². The lowest BCUT2D eigenvalue weighted by Crippen LogP contribution is -2.28. The number of esters is 1. The molecule has 0 radical (unpaired) electrons. The van der Waals surface area contributed by atoms with Gasteiger partial charge in [-0.05, 0) is 6.92 Å². The number of carbonyl (C=O) groups excluding carboxylic acids is 2. The van der Waals surface area contributed by atoms with Gasteiger partial charge in [0.25, 0.3) is 0 Å². The van der Waals surface area contributed by atoms with Crippen LogP contribution in [-0.4, -0.2) is 58.0 Å². The lowest BCUT2D eigenvalue weighted by molar-refractivity contribution is -0.144. The number of hydrogen-bond donors (Lipinski definition) is 2. The number of hydrogen-bond acceptors (Lipinski definition) is 6. The van der Waals surface area contributed by atoms with Crippen molar-refractivity contribution in [2.75, 3.05) is 46.1 Å². The van der Waals surface area contributed by atoms with E-state index in [4.69, 9.17) is 19.9 Å². The van der Waals surface area contributed by atoms with Crippen LogP contribution >= 0.6 is 0 Å². The quantitative estimate of drug-likeness (QED) is 0.366. The molecule has 112 valence electrons. The normalized spacial score (nSPS) is 10.2. The summed E-state index contributed by atoms with van der Waals surface area (Å²) in [5, 5.41) is 2.65. The molecule has 0 unspecified atom stereocenters.